The van der Waals surface area contributed by atoms with Crippen molar-refractivity contribution in [2.24, 2.45) is 0 Å². The van der Waals surface area contributed by atoms with E-state index in [1.54, 1.807) is 18.3 Å². The van der Waals surface area contributed by atoms with E-state index in [4.69, 9.17) is 23.2 Å². The molecule has 0 bridgehead atoms. The molecule has 0 aliphatic carbocycles. The van der Waals surface area contributed by atoms with E-state index in [1.165, 1.54) is 12.3 Å². The first-order valence-corrected chi connectivity index (χ1v) is 6.61. The lowest BCUT2D eigenvalue weighted by Gasteiger charge is -2.08. The van der Waals surface area contributed by atoms with Crippen molar-refractivity contribution >= 4 is 34.1 Å². The van der Waals surface area contributed by atoms with Gasteiger partial charge in [-0.15, -0.1) is 0 Å². The number of nitrogens with zero attached hydrogens (tertiary/aromatic N) is 1. The highest BCUT2D eigenvalue weighted by Crippen LogP contribution is 2.38. The van der Waals surface area contributed by atoms with Crippen LogP contribution >= 0.6 is 23.2 Å². The van der Waals surface area contributed by atoms with Gasteiger partial charge in [-0.25, -0.2) is 0 Å². The SMILES string of the molecule is FC(F)(F)c1cc2cc(-c3ccncc3Cl)[nH]c2cc1Cl. The predicted molar refractivity (Wildman–Crippen MR) is 76.6 cm³/mol. The maximum absolute atomic E-state index is 12.8. The number of nitrogens with one attached hydrogen (secondary N) is 1. The zero-order chi connectivity index (χ0) is 15.2. The van der Waals surface area contributed by atoms with Crippen molar-refractivity contribution in [3.63, 3.8) is 0 Å². The number of hydrogen-bond donors (Lipinski definition) is 1. The minimum Gasteiger partial charge on any atom is -0.354 e. The van der Waals surface area contributed by atoms with Crippen LogP contribution in [0.1, 0.15) is 5.56 Å². The highest BCUT2D eigenvalue weighted by atomic mass is 35.5. The van der Waals surface area contributed by atoms with E-state index in [-0.39, 0.29) is 5.02 Å². The zero-order valence-electron chi connectivity index (χ0n) is 10.3. The van der Waals surface area contributed by atoms with Gasteiger partial charge in [0.15, 0.2) is 0 Å². The fourth-order valence-electron chi connectivity index (χ4n) is 2.11. The fraction of sp³-hybridized carbons (Fsp3) is 0.0714. The monoisotopic (exact) mass is 330 g/mol. The fourth-order valence-corrected chi connectivity index (χ4v) is 2.60. The molecule has 0 saturated heterocycles. The van der Waals surface area contributed by atoms with Gasteiger partial charge in [-0.3, -0.25) is 4.98 Å². The number of hydrogen-bond acceptors (Lipinski definition) is 1. The topological polar surface area (TPSA) is 28.7 Å². The number of benzene rings is 1. The van der Waals surface area contributed by atoms with E-state index < -0.39 is 11.7 Å². The molecule has 0 saturated carbocycles. The number of aromatic nitrogens is 2. The van der Waals surface area contributed by atoms with Crippen LogP contribution in [0.3, 0.4) is 0 Å². The summed E-state index contributed by atoms with van der Waals surface area (Å²) >= 11 is 11.7. The Hall–Kier alpha value is -1.72. The molecule has 0 aliphatic heterocycles. The number of pyridine rings is 1. The number of alkyl halides is 3. The minimum atomic E-state index is -4.49. The third-order valence-corrected chi connectivity index (χ3v) is 3.69. The van der Waals surface area contributed by atoms with Crippen LogP contribution in [0.4, 0.5) is 13.2 Å². The van der Waals surface area contributed by atoms with Gasteiger partial charge in [0.2, 0.25) is 0 Å². The first-order chi connectivity index (χ1) is 9.86. The third-order valence-electron chi connectivity index (χ3n) is 3.08. The van der Waals surface area contributed by atoms with E-state index >= 15 is 0 Å². The minimum absolute atomic E-state index is 0.343. The molecule has 0 unspecified atom stereocenters. The Morgan fingerprint density at radius 2 is 1.81 bits per heavy atom. The van der Waals surface area contributed by atoms with Crippen LogP contribution < -0.4 is 0 Å². The number of H-pyrrole nitrogens is 1. The van der Waals surface area contributed by atoms with E-state index in [9.17, 15) is 13.2 Å². The van der Waals surface area contributed by atoms with Gasteiger partial charge in [-0.1, -0.05) is 23.2 Å². The predicted octanol–water partition coefficient (Wildman–Crippen LogP) is 5.56. The van der Waals surface area contributed by atoms with E-state index in [2.05, 4.69) is 9.97 Å². The largest absolute Gasteiger partial charge is 0.417 e. The molecule has 0 spiro atoms. The van der Waals surface area contributed by atoms with Gasteiger partial charge < -0.3 is 4.98 Å². The summed E-state index contributed by atoms with van der Waals surface area (Å²) in [6.45, 7) is 0. The lowest BCUT2D eigenvalue weighted by molar-refractivity contribution is -0.137. The Balaban J connectivity index is 2.20. The summed E-state index contributed by atoms with van der Waals surface area (Å²) in [5.41, 5.74) is 0.916. The highest BCUT2D eigenvalue weighted by molar-refractivity contribution is 6.33. The molecule has 2 heterocycles. The summed E-state index contributed by atoms with van der Waals surface area (Å²) in [5.74, 6) is 0. The van der Waals surface area contributed by atoms with Gasteiger partial charge in [0.1, 0.15) is 0 Å². The van der Waals surface area contributed by atoms with Gasteiger partial charge in [0.25, 0.3) is 0 Å². The summed E-state index contributed by atoms with van der Waals surface area (Å²) in [6.07, 6.45) is -1.46. The molecule has 0 aliphatic rings. The molecule has 3 aromatic rings. The normalized spacial score (nSPS) is 12.0. The molecule has 0 fully saturated rings. The Labute approximate surface area is 127 Å². The number of halogens is 5. The Morgan fingerprint density at radius 1 is 1.05 bits per heavy atom. The molecular formula is C14H7Cl2F3N2. The lowest BCUT2D eigenvalue weighted by atomic mass is 10.1. The van der Waals surface area contributed by atoms with Crippen LogP contribution in [0.15, 0.2) is 36.7 Å². The summed E-state index contributed by atoms with van der Waals surface area (Å²) in [5, 5.41) is 0.477. The van der Waals surface area contributed by atoms with Crippen molar-refractivity contribution in [2.45, 2.75) is 6.18 Å². The van der Waals surface area contributed by atoms with Gasteiger partial charge in [0.05, 0.1) is 15.6 Å². The molecule has 2 nitrogen and oxygen atoms in total. The molecule has 2 aromatic heterocycles. The molecule has 21 heavy (non-hydrogen) atoms. The second-order valence-electron chi connectivity index (χ2n) is 4.46. The van der Waals surface area contributed by atoms with Crippen LogP contribution in [0.25, 0.3) is 22.2 Å². The van der Waals surface area contributed by atoms with Crippen LogP contribution in [-0.4, -0.2) is 9.97 Å². The van der Waals surface area contributed by atoms with Crippen LogP contribution in [-0.2, 0) is 6.18 Å². The Morgan fingerprint density at radius 3 is 2.48 bits per heavy atom. The number of fused-ring (bicyclic) bond motifs is 1. The second kappa shape index (κ2) is 4.93. The molecule has 0 atom stereocenters. The molecule has 7 heteroatoms. The lowest BCUT2D eigenvalue weighted by Crippen LogP contribution is -2.05. The smallest absolute Gasteiger partial charge is 0.354 e. The molecule has 1 aromatic carbocycles. The van der Waals surface area contributed by atoms with Gasteiger partial charge in [-0.2, -0.15) is 13.2 Å². The van der Waals surface area contributed by atoms with Crippen LogP contribution in [0.2, 0.25) is 10.0 Å². The molecule has 0 radical (unpaired) electrons. The maximum atomic E-state index is 12.8. The summed E-state index contributed by atoms with van der Waals surface area (Å²) in [4.78, 5) is 6.88. The average molecular weight is 331 g/mol. The quantitative estimate of drug-likeness (QED) is 0.622. The van der Waals surface area contributed by atoms with Crippen molar-refractivity contribution in [1.29, 1.82) is 0 Å². The second-order valence-corrected chi connectivity index (χ2v) is 5.27. The maximum Gasteiger partial charge on any atom is 0.417 e. The summed E-state index contributed by atoms with van der Waals surface area (Å²) in [7, 11) is 0. The Bertz CT molecular complexity index is 825. The molecular weight excluding hydrogens is 324 g/mol. The number of rotatable bonds is 1. The van der Waals surface area contributed by atoms with E-state index in [0.29, 0.717) is 27.2 Å². The van der Waals surface area contributed by atoms with Gasteiger partial charge >= 0.3 is 6.18 Å². The summed E-state index contributed by atoms with van der Waals surface area (Å²) < 4.78 is 38.5. The standard InChI is InChI=1S/C14H7Cl2F3N2/c15-10-5-12-7(3-9(10)14(17,18)19)4-13(21-12)8-1-2-20-6-11(8)16/h1-6,21H. The Kier molecular flexibility index (Phi) is 3.34. The van der Waals surface area contributed by atoms with E-state index in [1.807, 2.05) is 0 Å². The molecule has 1 N–H and O–H groups in total. The van der Waals surface area contributed by atoms with Gasteiger partial charge in [-0.05, 0) is 24.3 Å². The van der Waals surface area contributed by atoms with Crippen LogP contribution in [0, 0.1) is 0 Å². The first kappa shape index (κ1) is 14.2. The third kappa shape index (κ3) is 2.59. The van der Waals surface area contributed by atoms with Crippen molar-refractivity contribution in [3.8, 4) is 11.3 Å². The van der Waals surface area contributed by atoms with Gasteiger partial charge in [0, 0.05) is 34.6 Å². The van der Waals surface area contributed by atoms with Crippen molar-refractivity contribution in [2.75, 3.05) is 0 Å². The molecule has 108 valence electrons. The van der Waals surface area contributed by atoms with Crippen molar-refractivity contribution < 1.29 is 13.2 Å². The summed E-state index contributed by atoms with van der Waals surface area (Å²) in [6, 6.07) is 5.56. The van der Waals surface area contributed by atoms with E-state index in [0.717, 1.165) is 6.07 Å². The van der Waals surface area contributed by atoms with Crippen LogP contribution in [0.5, 0.6) is 0 Å². The molecule has 3 rings (SSSR count). The number of aromatic amines is 1. The molecule has 0 amide bonds. The first-order valence-electron chi connectivity index (χ1n) is 5.85. The average Bonchev–Trinajstić information content (AvgIpc) is 2.79. The highest BCUT2D eigenvalue weighted by Gasteiger charge is 2.33. The zero-order valence-corrected chi connectivity index (χ0v) is 11.8. The van der Waals surface area contributed by atoms with Crippen molar-refractivity contribution in [3.05, 3.63) is 52.3 Å². The van der Waals surface area contributed by atoms with Crippen molar-refractivity contribution in [1.82, 2.24) is 9.97 Å².